The van der Waals surface area contributed by atoms with Crippen LogP contribution >= 0.6 is 11.3 Å². The first-order valence-electron chi connectivity index (χ1n) is 8.80. The molecule has 0 unspecified atom stereocenters. The molecular weight excluding hydrogens is 352 g/mol. The number of aromatic nitrogens is 1. The molecule has 0 radical (unpaired) electrons. The zero-order valence-electron chi connectivity index (χ0n) is 15.1. The molecular formula is C23H20N2OS. The largest absolute Gasteiger partial charge is 0.497 e. The lowest BCUT2D eigenvalue weighted by atomic mass is 10.1. The number of nitrogens with zero attached hydrogens (tertiary/aromatic N) is 2. The third-order valence-corrected chi connectivity index (χ3v) is 5.21. The standard InChI is InChI=1S/C23H20N2OS/c1-26-21-14-12-20(13-15-21)24-23-25(16-18-8-4-2-5-9-18)22(17-27-23)19-10-6-3-7-11-19/h2-15,17H,16H2,1H3. The lowest BCUT2D eigenvalue weighted by Crippen LogP contribution is -2.16. The first kappa shape index (κ1) is 17.3. The number of benzene rings is 3. The first-order valence-corrected chi connectivity index (χ1v) is 9.68. The second-order valence-electron chi connectivity index (χ2n) is 6.15. The van der Waals surface area contributed by atoms with Crippen molar-refractivity contribution < 1.29 is 4.74 Å². The van der Waals surface area contributed by atoms with Crippen LogP contribution in [0.25, 0.3) is 11.3 Å². The minimum absolute atomic E-state index is 0.781. The van der Waals surface area contributed by atoms with Crippen molar-refractivity contribution in [2.75, 3.05) is 7.11 Å². The third kappa shape index (κ3) is 4.01. The number of thiazole rings is 1. The van der Waals surface area contributed by atoms with Crippen LogP contribution in [0.5, 0.6) is 5.75 Å². The maximum Gasteiger partial charge on any atom is 0.190 e. The van der Waals surface area contributed by atoms with Crippen molar-refractivity contribution in [2.45, 2.75) is 6.54 Å². The molecule has 4 heteroatoms. The van der Waals surface area contributed by atoms with Gasteiger partial charge in [-0.05, 0) is 35.4 Å². The molecule has 27 heavy (non-hydrogen) atoms. The van der Waals surface area contributed by atoms with E-state index in [1.807, 2.05) is 36.4 Å². The molecule has 0 N–H and O–H groups in total. The van der Waals surface area contributed by atoms with Crippen LogP contribution in [0.2, 0.25) is 0 Å². The molecule has 0 aliphatic heterocycles. The molecule has 1 aromatic heterocycles. The van der Waals surface area contributed by atoms with Gasteiger partial charge in [0.25, 0.3) is 0 Å². The lowest BCUT2D eigenvalue weighted by Gasteiger charge is -2.09. The number of methoxy groups -OCH3 is 1. The maximum absolute atomic E-state index is 5.24. The van der Waals surface area contributed by atoms with E-state index in [1.54, 1.807) is 18.4 Å². The average Bonchev–Trinajstić information content (AvgIpc) is 3.12. The summed E-state index contributed by atoms with van der Waals surface area (Å²) in [5, 5.41) is 2.18. The summed E-state index contributed by atoms with van der Waals surface area (Å²) in [5.41, 5.74) is 4.54. The molecule has 0 amide bonds. The Kier molecular flexibility index (Phi) is 5.17. The molecule has 0 fully saturated rings. The van der Waals surface area contributed by atoms with Crippen LogP contribution in [0.15, 0.2) is 95.3 Å². The molecule has 134 valence electrons. The molecule has 0 spiro atoms. The Morgan fingerprint density at radius 3 is 2.19 bits per heavy atom. The lowest BCUT2D eigenvalue weighted by molar-refractivity contribution is 0.415. The van der Waals surface area contributed by atoms with Crippen molar-refractivity contribution in [3.63, 3.8) is 0 Å². The highest BCUT2D eigenvalue weighted by atomic mass is 32.1. The predicted molar refractivity (Wildman–Crippen MR) is 112 cm³/mol. The van der Waals surface area contributed by atoms with Gasteiger partial charge in [-0.1, -0.05) is 60.7 Å². The summed E-state index contributed by atoms with van der Waals surface area (Å²) in [4.78, 5) is 5.86. The monoisotopic (exact) mass is 372 g/mol. The number of hydrogen-bond donors (Lipinski definition) is 0. The van der Waals surface area contributed by atoms with Crippen molar-refractivity contribution in [2.24, 2.45) is 4.99 Å². The van der Waals surface area contributed by atoms with Crippen LogP contribution in [0.1, 0.15) is 5.56 Å². The number of ether oxygens (including phenoxy) is 1. The summed E-state index contributed by atoms with van der Waals surface area (Å²) >= 11 is 1.66. The smallest absolute Gasteiger partial charge is 0.190 e. The van der Waals surface area contributed by atoms with Crippen LogP contribution < -0.4 is 9.54 Å². The van der Waals surface area contributed by atoms with Crippen molar-refractivity contribution in [1.29, 1.82) is 0 Å². The Hall–Kier alpha value is -3.11. The van der Waals surface area contributed by atoms with Crippen molar-refractivity contribution in [3.05, 3.63) is 101 Å². The van der Waals surface area contributed by atoms with Gasteiger partial charge in [0.15, 0.2) is 4.80 Å². The first-order chi connectivity index (χ1) is 13.3. The van der Waals surface area contributed by atoms with E-state index in [0.29, 0.717) is 0 Å². The van der Waals surface area contributed by atoms with Crippen LogP contribution in [0.3, 0.4) is 0 Å². The van der Waals surface area contributed by atoms with Gasteiger partial charge in [-0.15, -0.1) is 11.3 Å². The second-order valence-corrected chi connectivity index (χ2v) is 6.99. The highest BCUT2D eigenvalue weighted by Crippen LogP contribution is 2.22. The van der Waals surface area contributed by atoms with E-state index >= 15 is 0 Å². The molecule has 4 aromatic rings. The fraction of sp³-hybridized carbons (Fsp3) is 0.0870. The number of rotatable bonds is 5. The molecule has 0 atom stereocenters. The van der Waals surface area contributed by atoms with Gasteiger partial charge >= 0.3 is 0 Å². The Morgan fingerprint density at radius 1 is 0.852 bits per heavy atom. The molecule has 0 bridgehead atoms. The minimum atomic E-state index is 0.781. The van der Waals surface area contributed by atoms with E-state index in [4.69, 9.17) is 9.73 Å². The quantitative estimate of drug-likeness (QED) is 0.454. The van der Waals surface area contributed by atoms with Gasteiger partial charge in [0, 0.05) is 5.38 Å². The van der Waals surface area contributed by atoms with E-state index in [1.165, 1.54) is 16.8 Å². The zero-order chi connectivity index (χ0) is 18.5. The minimum Gasteiger partial charge on any atom is -0.497 e. The van der Waals surface area contributed by atoms with Gasteiger partial charge in [-0.25, -0.2) is 4.99 Å². The molecule has 3 aromatic carbocycles. The summed E-state index contributed by atoms with van der Waals surface area (Å²) in [6.45, 7) is 0.781. The molecule has 0 aliphatic carbocycles. The third-order valence-electron chi connectivity index (χ3n) is 4.35. The van der Waals surface area contributed by atoms with Crippen LogP contribution in [-0.4, -0.2) is 11.7 Å². The topological polar surface area (TPSA) is 26.5 Å². The van der Waals surface area contributed by atoms with Crippen molar-refractivity contribution in [3.8, 4) is 17.0 Å². The van der Waals surface area contributed by atoms with Gasteiger partial charge in [0.2, 0.25) is 0 Å². The normalized spacial score (nSPS) is 11.5. The Labute approximate surface area is 162 Å². The summed E-state index contributed by atoms with van der Waals surface area (Å²) in [6, 6.07) is 28.8. The number of hydrogen-bond acceptors (Lipinski definition) is 3. The van der Waals surface area contributed by atoms with Crippen molar-refractivity contribution >= 4 is 17.0 Å². The fourth-order valence-corrected chi connectivity index (χ4v) is 3.87. The molecule has 0 saturated heterocycles. The SMILES string of the molecule is COc1ccc(N=c2scc(-c3ccccc3)n2Cc2ccccc2)cc1. The van der Waals surface area contributed by atoms with E-state index < -0.39 is 0 Å². The van der Waals surface area contributed by atoms with Crippen LogP contribution in [0, 0.1) is 0 Å². The van der Waals surface area contributed by atoms with E-state index in [2.05, 4.69) is 58.5 Å². The predicted octanol–water partition coefficient (Wildman–Crippen LogP) is 5.51. The van der Waals surface area contributed by atoms with Gasteiger partial charge in [0.1, 0.15) is 5.75 Å². The molecule has 1 heterocycles. The van der Waals surface area contributed by atoms with E-state index in [9.17, 15) is 0 Å². The van der Waals surface area contributed by atoms with E-state index in [-0.39, 0.29) is 0 Å². The summed E-state index contributed by atoms with van der Waals surface area (Å²) in [7, 11) is 1.67. The Morgan fingerprint density at radius 2 is 1.52 bits per heavy atom. The highest BCUT2D eigenvalue weighted by Gasteiger charge is 2.08. The Balaban J connectivity index is 1.81. The van der Waals surface area contributed by atoms with Crippen LogP contribution in [-0.2, 0) is 6.54 Å². The molecule has 4 rings (SSSR count). The average molecular weight is 372 g/mol. The van der Waals surface area contributed by atoms with E-state index in [0.717, 1.165) is 22.8 Å². The summed E-state index contributed by atoms with van der Waals surface area (Å²) in [6.07, 6.45) is 0. The fourth-order valence-electron chi connectivity index (χ4n) is 2.94. The Bertz CT molecular complexity index is 1060. The van der Waals surface area contributed by atoms with Gasteiger partial charge in [0.05, 0.1) is 25.0 Å². The maximum atomic E-state index is 5.24. The highest BCUT2D eigenvalue weighted by molar-refractivity contribution is 7.07. The van der Waals surface area contributed by atoms with Crippen LogP contribution in [0.4, 0.5) is 5.69 Å². The molecule has 0 aliphatic rings. The van der Waals surface area contributed by atoms with Gasteiger partial charge < -0.3 is 9.30 Å². The summed E-state index contributed by atoms with van der Waals surface area (Å²) in [5.74, 6) is 0.835. The zero-order valence-corrected chi connectivity index (χ0v) is 15.9. The van der Waals surface area contributed by atoms with Gasteiger partial charge in [-0.2, -0.15) is 0 Å². The van der Waals surface area contributed by atoms with Gasteiger partial charge in [-0.3, -0.25) is 0 Å². The summed E-state index contributed by atoms with van der Waals surface area (Å²) < 4.78 is 7.52. The molecule has 0 saturated carbocycles. The van der Waals surface area contributed by atoms with Crippen molar-refractivity contribution in [1.82, 2.24) is 4.57 Å². The molecule has 3 nitrogen and oxygen atoms in total. The second kappa shape index (κ2) is 8.06.